The molecule has 2 aliphatic heterocycles. The van der Waals surface area contributed by atoms with Gasteiger partial charge in [0, 0.05) is 31.7 Å². The third-order valence-electron chi connectivity index (χ3n) is 7.01. The molecular weight excluding hydrogens is 400 g/mol. The van der Waals surface area contributed by atoms with E-state index in [-0.39, 0.29) is 18.1 Å². The van der Waals surface area contributed by atoms with Crippen molar-refractivity contribution in [2.24, 2.45) is 5.41 Å². The normalized spacial score (nSPS) is 28.7. The van der Waals surface area contributed by atoms with Crippen LogP contribution in [0.4, 0.5) is 16.3 Å². The quantitative estimate of drug-likeness (QED) is 0.753. The molecule has 170 valence electrons. The van der Waals surface area contributed by atoms with Gasteiger partial charge in [-0.3, -0.25) is 10.1 Å². The van der Waals surface area contributed by atoms with Gasteiger partial charge in [-0.25, -0.2) is 4.79 Å². The van der Waals surface area contributed by atoms with Crippen LogP contribution in [0.25, 0.3) is 0 Å². The smallest absolute Gasteiger partial charge is 0.411 e. The van der Waals surface area contributed by atoms with Gasteiger partial charge in [0.25, 0.3) is 0 Å². The van der Waals surface area contributed by atoms with Crippen LogP contribution in [0.15, 0.2) is 12.1 Å². The number of aliphatic hydroxyl groups excluding tert-OH is 1. The summed E-state index contributed by atoms with van der Waals surface area (Å²) in [4.78, 5) is 34.1. The monoisotopic (exact) mass is 432 g/mol. The van der Waals surface area contributed by atoms with Crippen LogP contribution in [0.5, 0.6) is 5.88 Å². The molecule has 1 saturated carbocycles. The molecule has 1 unspecified atom stereocenters. The van der Waals surface area contributed by atoms with E-state index in [0.717, 1.165) is 58.0 Å². The van der Waals surface area contributed by atoms with Gasteiger partial charge in [0.05, 0.1) is 31.4 Å². The highest BCUT2D eigenvalue weighted by atomic mass is 16.5. The third kappa shape index (κ3) is 4.28. The SMILES string of the molecule is COC(=O)Nc1ccc(OC)nc1N1CCCC2(CCN(C3CCC(O)CC3)C2=O)C1. The topological polar surface area (TPSA) is 104 Å². The average Bonchev–Trinajstić information content (AvgIpc) is 3.09. The van der Waals surface area contributed by atoms with Crippen molar-refractivity contribution in [1.29, 1.82) is 0 Å². The summed E-state index contributed by atoms with van der Waals surface area (Å²) < 4.78 is 10.0. The molecule has 1 aliphatic carbocycles. The molecule has 3 aliphatic rings. The van der Waals surface area contributed by atoms with Gasteiger partial charge in [0.15, 0.2) is 5.82 Å². The zero-order valence-corrected chi connectivity index (χ0v) is 18.3. The van der Waals surface area contributed by atoms with E-state index in [2.05, 4.69) is 20.1 Å². The summed E-state index contributed by atoms with van der Waals surface area (Å²) in [6.45, 7) is 2.08. The lowest BCUT2D eigenvalue weighted by molar-refractivity contribution is -0.139. The molecule has 9 nitrogen and oxygen atoms in total. The molecule has 31 heavy (non-hydrogen) atoms. The second-order valence-corrected chi connectivity index (χ2v) is 8.86. The summed E-state index contributed by atoms with van der Waals surface area (Å²) in [5.74, 6) is 1.27. The number of hydrogen-bond donors (Lipinski definition) is 2. The number of rotatable bonds is 4. The van der Waals surface area contributed by atoms with Gasteiger partial charge in [0.2, 0.25) is 11.8 Å². The number of nitrogens with zero attached hydrogens (tertiary/aromatic N) is 3. The largest absolute Gasteiger partial charge is 0.481 e. The summed E-state index contributed by atoms with van der Waals surface area (Å²) in [6, 6.07) is 3.67. The predicted molar refractivity (Wildman–Crippen MR) is 115 cm³/mol. The first-order valence-corrected chi connectivity index (χ1v) is 11.1. The molecule has 9 heteroatoms. The van der Waals surface area contributed by atoms with Gasteiger partial charge < -0.3 is 24.4 Å². The third-order valence-corrected chi connectivity index (χ3v) is 7.01. The molecule has 3 heterocycles. The summed E-state index contributed by atoms with van der Waals surface area (Å²) in [6.07, 6.45) is 5.04. The first-order chi connectivity index (χ1) is 15.0. The van der Waals surface area contributed by atoms with Gasteiger partial charge in [-0.15, -0.1) is 0 Å². The number of methoxy groups -OCH3 is 2. The van der Waals surface area contributed by atoms with Gasteiger partial charge in [-0.05, 0) is 51.0 Å². The number of anilines is 2. The minimum atomic E-state index is -0.567. The second kappa shape index (κ2) is 8.90. The zero-order valence-electron chi connectivity index (χ0n) is 18.3. The number of pyridine rings is 1. The van der Waals surface area contributed by atoms with Crippen LogP contribution >= 0.6 is 0 Å². The highest BCUT2D eigenvalue weighted by Gasteiger charge is 2.51. The Kier molecular flexibility index (Phi) is 6.22. The molecular formula is C22H32N4O5. The van der Waals surface area contributed by atoms with Crippen molar-refractivity contribution in [3.63, 3.8) is 0 Å². The number of carbonyl (C=O) groups is 2. The van der Waals surface area contributed by atoms with Crippen molar-refractivity contribution in [3.8, 4) is 5.88 Å². The van der Waals surface area contributed by atoms with Crippen molar-refractivity contribution >= 4 is 23.5 Å². The maximum absolute atomic E-state index is 13.6. The van der Waals surface area contributed by atoms with Crippen LogP contribution in [0.2, 0.25) is 0 Å². The molecule has 2 N–H and O–H groups in total. The summed E-state index contributed by atoms with van der Waals surface area (Å²) in [5, 5.41) is 12.5. The van der Waals surface area contributed by atoms with E-state index in [4.69, 9.17) is 9.47 Å². The Morgan fingerprint density at radius 1 is 1.19 bits per heavy atom. The van der Waals surface area contributed by atoms with E-state index >= 15 is 0 Å². The Bertz CT molecular complexity index is 826. The van der Waals surface area contributed by atoms with Crippen LogP contribution in [0.3, 0.4) is 0 Å². The highest BCUT2D eigenvalue weighted by Crippen LogP contribution is 2.44. The van der Waals surface area contributed by atoms with Gasteiger partial charge in [-0.1, -0.05) is 0 Å². The Hall–Kier alpha value is -2.55. The zero-order chi connectivity index (χ0) is 22.0. The lowest BCUT2D eigenvalue weighted by Crippen LogP contribution is -2.50. The standard InChI is InChI=1S/C22H32N4O5/c1-30-18-9-8-17(23-21(29)31-2)19(24-18)25-12-3-10-22(14-25)11-13-26(20(22)28)15-4-6-16(27)7-5-15/h8-9,15-16,27H,3-7,10-14H2,1-2H3,(H,23,29). The number of aliphatic hydroxyl groups is 1. The van der Waals surface area contributed by atoms with Crippen LogP contribution < -0.4 is 15.0 Å². The minimum Gasteiger partial charge on any atom is -0.481 e. The number of nitrogens with one attached hydrogen (secondary N) is 1. The Morgan fingerprint density at radius 2 is 1.97 bits per heavy atom. The van der Waals surface area contributed by atoms with Gasteiger partial charge in [-0.2, -0.15) is 4.98 Å². The van der Waals surface area contributed by atoms with Crippen molar-refractivity contribution in [2.45, 2.75) is 57.1 Å². The van der Waals surface area contributed by atoms with E-state index in [1.54, 1.807) is 19.2 Å². The van der Waals surface area contributed by atoms with Crippen LogP contribution in [0, 0.1) is 5.41 Å². The fourth-order valence-electron chi connectivity index (χ4n) is 5.30. The molecule has 1 aromatic heterocycles. The molecule has 0 radical (unpaired) electrons. The molecule has 1 atom stereocenters. The van der Waals surface area contributed by atoms with E-state index in [9.17, 15) is 14.7 Å². The summed E-state index contributed by atoms with van der Waals surface area (Å²) in [5.41, 5.74) is 0.106. The molecule has 2 saturated heterocycles. The number of piperidine rings is 1. The number of carbonyl (C=O) groups excluding carboxylic acids is 2. The van der Waals surface area contributed by atoms with Crippen LogP contribution in [-0.2, 0) is 9.53 Å². The molecule has 0 bridgehead atoms. The lowest BCUT2D eigenvalue weighted by atomic mass is 9.78. The van der Waals surface area contributed by atoms with E-state index < -0.39 is 11.5 Å². The van der Waals surface area contributed by atoms with E-state index in [0.29, 0.717) is 23.9 Å². The minimum absolute atomic E-state index is 0.226. The predicted octanol–water partition coefficient (Wildman–Crippen LogP) is 2.39. The Labute approximate surface area is 182 Å². The fourth-order valence-corrected chi connectivity index (χ4v) is 5.30. The fraction of sp³-hybridized carbons (Fsp3) is 0.682. The molecule has 3 fully saturated rings. The second-order valence-electron chi connectivity index (χ2n) is 8.86. The molecule has 0 aromatic carbocycles. The molecule has 1 aromatic rings. The maximum Gasteiger partial charge on any atom is 0.411 e. The first-order valence-electron chi connectivity index (χ1n) is 11.1. The van der Waals surface area contributed by atoms with Crippen molar-refractivity contribution < 1.29 is 24.2 Å². The van der Waals surface area contributed by atoms with E-state index in [1.807, 2.05) is 0 Å². The van der Waals surface area contributed by atoms with E-state index in [1.165, 1.54) is 7.11 Å². The van der Waals surface area contributed by atoms with Gasteiger partial charge in [0.1, 0.15) is 0 Å². The number of likely N-dealkylation sites (tertiary alicyclic amines) is 1. The van der Waals surface area contributed by atoms with Crippen molar-refractivity contribution in [1.82, 2.24) is 9.88 Å². The number of ether oxygens (including phenoxy) is 2. The molecule has 1 spiro atoms. The Morgan fingerprint density at radius 3 is 2.68 bits per heavy atom. The molecule has 4 rings (SSSR count). The van der Waals surface area contributed by atoms with Gasteiger partial charge >= 0.3 is 6.09 Å². The number of aromatic nitrogens is 1. The van der Waals surface area contributed by atoms with Crippen LogP contribution in [-0.4, -0.2) is 73.0 Å². The lowest BCUT2D eigenvalue weighted by Gasteiger charge is -2.41. The van der Waals surface area contributed by atoms with Crippen molar-refractivity contribution in [3.05, 3.63) is 12.1 Å². The first kappa shape index (κ1) is 21.7. The summed E-state index contributed by atoms with van der Waals surface area (Å²) in [7, 11) is 2.87. The average molecular weight is 433 g/mol. The summed E-state index contributed by atoms with van der Waals surface area (Å²) >= 11 is 0. The number of hydrogen-bond acceptors (Lipinski definition) is 7. The Balaban J connectivity index is 1.55. The molecule has 2 amide bonds. The maximum atomic E-state index is 13.6. The van der Waals surface area contributed by atoms with Crippen LogP contribution in [0.1, 0.15) is 44.9 Å². The number of amides is 2. The van der Waals surface area contributed by atoms with Crippen molar-refractivity contribution in [2.75, 3.05) is 44.1 Å². The highest BCUT2D eigenvalue weighted by molar-refractivity contribution is 5.90.